The van der Waals surface area contributed by atoms with Gasteiger partial charge in [0, 0.05) is 33.3 Å². The predicted molar refractivity (Wildman–Crippen MR) is 72.1 cm³/mol. The predicted octanol–water partition coefficient (Wildman–Crippen LogP) is 1.74. The Balaban J connectivity index is 2.10. The monoisotopic (exact) mass is 236 g/mol. The van der Waals surface area contributed by atoms with Gasteiger partial charge in [-0.15, -0.1) is 0 Å². The van der Waals surface area contributed by atoms with E-state index in [0.29, 0.717) is 0 Å². The minimum absolute atomic E-state index is 0.812. The first-order valence-corrected chi connectivity index (χ1v) is 6.32. The third-order valence-corrected chi connectivity index (χ3v) is 2.84. The highest BCUT2D eigenvalue weighted by Crippen LogP contribution is 1.96. The van der Waals surface area contributed by atoms with Crippen molar-refractivity contribution in [2.75, 3.05) is 39.9 Å². The molecular weight excluding hydrogens is 212 g/mol. The Bertz CT molecular complexity index is 277. The second kappa shape index (κ2) is 9.16. The van der Waals surface area contributed by atoms with Crippen LogP contribution in [0.4, 0.5) is 0 Å². The minimum atomic E-state index is 0.812. The summed E-state index contributed by atoms with van der Waals surface area (Å²) in [6, 6.07) is 10.5. The van der Waals surface area contributed by atoms with E-state index in [1.54, 1.807) is 7.11 Å². The number of hydrogen-bond donors (Lipinski definition) is 1. The van der Waals surface area contributed by atoms with Gasteiger partial charge in [0.15, 0.2) is 0 Å². The van der Waals surface area contributed by atoms with Crippen LogP contribution in [0.3, 0.4) is 0 Å². The summed E-state index contributed by atoms with van der Waals surface area (Å²) in [7, 11) is 1.75. The Labute approximate surface area is 105 Å². The van der Waals surface area contributed by atoms with Crippen molar-refractivity contribution in [2.24, 2.45) is 0 Å². The Hall–Kier alpha value is -0.900. The molecule has 1 N–H and O–H groups in total. The fraction of sp³-hybridized carbons (Fsp3) is 0.571. The van der Waals surface area contributed by atoms with Crippen molar-refractivity contribution in [3.63, 3.8) is 0 Å². The van der Waals surface area contributed by atoms with Gasteiger partial charge in [-0.3, -0.25) is 0 Å². The average Bonchev–Trinajstić information content (AvgIpc) is 2.39. The van der Waals surface area contributed by atoms with Gasteiger partial charge < -0.3 is 15.0 Å². The maximum Gasteiger partial charge on any atom is 0.0589 e. The first-order chi connectivity index (χ1) is 8.36. The molecule has 1 rings (SSSR count). The molecule has 0 saturated carbocycles. The SMILES string of the molecule is CCN(CCNCc1ccccc1)CCOC. The molecule has 0 aliphatic carbocycles. The molecule has 0 spiro atoms. The van der Waals surface area contributed by atoms with Gasteiger partial charge in [-0.2, -0.15) is 0 Å². The van der Waals surface area contributed by atoms with Crippen LogP contribution in [-0.4, -0.2) is 44.8 Å². The van der Waals surface area contributed by atoms with E-state index in [4.69, 9.17) is 4.74 Å². The molecule has 0 bridgehead atoms. The largest absolute Gasteiger partial charge is 0.383 e. The third kappa shape index (κ3) is 6.41. The number of hydrogen-bond acceptors (Lipinski definition) is 3. The number of nitrogens with zero attached hydrogens (tertiary/aromatic N) is 1. The van der Waals surface area contributed by atoms with Crippen LogP contribution in [0.1, 0.15) is 12.5 Å². The molecule has 0 radical (unpaired) electrons. The lowest BCUT2D eigenvalue weighted by Crippen LogP contribution is -2.34. The van der Waals surface area contributed by atoms with Crippen LogP contribution in [0.2, 0.25) is 0 Å². The molecule has 0 aromatic heterocycles. The van der Waals surface area contributed by atoms with Crippen LogP contribution >= 0.6 is 0 Å². The van der Waals surface area contributed by atoms with E-state index in [0.717, 1.165) is 39.3 Å². The third-order valence-electron chi connectivity index (χ3n) is 2.84. The molecule has 3 heteroatoms. The highest BCUT2D eigenvalue weighted by atomic mass is 16.5. The van der Waals surface area contributed by atoms with Gasteiger partial charge in [-0.1, -0.05) is 37.3 Å². The number of nitrogens with one attached hydrogen (secondary N) is 1. The van der Waals surface area contributed by atoms with Crippen LogP contribution in [0, 0.1) is 0 Å². The van der Waals surface area contributed by atoms with Gasteiger partial charge in [-0.05, 0) is 12.1 Å². The van der Waals surface area contributed by atoms with Crippen LogP contribution in [-0.2, 0) is 11.3 Å². The highest BCUT2D eigenvalue weighted by molar-refractivity contribution is 5.14. The lowest BCUT2D eigenvalue weighted by atomic mass is 10.2. The first kappa shape index (κ1) is 14.2. The van der Waals surface area contributed by atoms with E-state index in [9.17, 15) is 0 Å². The van der Waals surface area contributed by atoms with Crippen molar-refractivity contribution in [2.45, 2.75) is 13.5 Å². The molecule has 0 aliphatic heterocycles. The standard InChI is InChI=1S/C14H24N2O/c1-3-16(11-12-17-2)10-9-15-13-14-7-5-4-6-8-14/h4-8,15H,3,9-13H2,1-2H3. The lowest BCUT2D eigenvalue weighted by Gasteiger charge is -2.19. The molecule has 17 heavy (non-hydrogen) atoms. The average molecular weight is 236 g/mol. The summed E-state index contributed by atoms with van der Waals surface area (Å²) in [4.78, 5) is 2.39. The van der Waals surface area contributed by atoms with Crippen LogP contribution in [0.15, 0.2) is 30.3 Å². The van der Waals surface area contributed by atoms with Gasteiger partial charge in [0.05, 0.1) is 6.61 Å². The second-order valence-corrected chi connectivity index (χ2v) is 4.09. The molecule has 0 fully saturated rings. The maximum absolute atomic E-state index is 5.09. The normalized spacial score (nSPS) is 11.0. The fourth-order valence-electron chi connectivity index (χ4n) is 1.71. The Morgan fingerprint density at radius 3 is 2.59 bits per heavy atom. The zero-order valence-electron chi connectivity index (χ0n) is 11.0. The van der Waals surface area contributed by atoms with Crippen LogP contribution < -0.4 is 5.32 Å². The fourth-order valence-corrected chi connectivity index (χ4v) is 1.71. The Kier molecular flexibility index (Phi) is 7.63. The van der Waals surface area contributed by atoms with Crippen molar-refractivity contribution in [3.05, 3.63) is 35.9 Å². The quantitative estimate of drug-likeness (QED) is 0.661. The van der Waals surface area contributed by atoms with Crippen LogP contribution in [0.25, 0.3) is 0 Å². The zero-order chi connectivity index (χ0) is 12.3. The van der Waals surface area contributed by atoms with E-state index >= 15 is 0 Å². The molecule has 0 heterocycles. The molecule has 0 saturated heterocycles. The molecule has 0 unspecified atom stereocenters. The summed E-state index contributed by atoms with van der Waals surface area (Å²) in [6.45, 7) is 8.14. The number of likely N-dealkylation sites (N-methyl/N-ethyl adjacent to an activating group) is 1. The Morgan fingerprint density at radius 2 is 1.94 bits per heavy atom. The molecule has 1 aromatic carbocycles. The summed E-state index contributed by atoms with van der Waals surface area (Å²) in [5.41, 5.74) is 1.34. The maximum atomic E-state index is 5.09. The smallest absolute Gasteiger partial charge is 0.0589 e. The van der Waals surface area contributed by atoms with E-state index in [2.05, 4.69) is 41.4 Å². The molecule has 0 atom stereocenters. The van der Waals surface area contributed by atoms with Crippen molar-refractivity contribution >= 4 is 0 Å². The number of methoxy groups -OCH3 is 1. The molecule has 0 aliphatic rings. The van der Waals surface area contributed by atoms with Gasteiger partial charge in [0.2, 0.25) is 0 Å². The molecular formula is C14H24N2O. The van der Waals surface area contributed by atoms with Crippen molar-refractivity contribution in [1.29, 1.82) is 0 Å². The van der Waals surface area contributed by atoms with E-state index in [-0.39, 0.29) is 0 Å². The number of rotatable bonds is 9. The lowest BCUT2D eigenvalue weighted by molar-refractivity contribution is 0.151. The molecule has 96 valence electrons. The van der Waals surface area contributed by atoms with Crippen LogP contribution in [0.5, 0.6) is 0 Å². The molecule has 1 aromatic rings. The highest BCUT2D eigenvalue weighted by Gasteiger charge is 2.00. The van der Waals surface area contributed by atoms with Gasteiger partial charge in [0.25, 0.3) is 0 Å². The molecule has 3 nitrogen and oxygen atoms in total. The summed E-state index contributed by atoms with van der Waals surface area (Å²) in [5, 5.41) is 3.46. The van der Waals surface area contributed by atoms with Gasteiger partial charge >= 0.3 is 0 Å². The van der Waals surface area contributed by atoms with Crippen molar-refractivity contribution < 1.29 is 4.74 Å². The zero-order valence-corrected chi connectivity index (χ0v) is 11.0. The van der Waals surface area contributed by atoms with Gasteiger partial charge in [-0.25, -0.2) is 0 Å². The first-order valence-electron chi connectivity index (χ1n) is 6.32. The minimum Gasteiger partial charge on any atom is -0.383 e. The van der Waals surface area contributed by atoms with Crippen molar-refractivity contribution in [1.82, 2.24) is 10.2 Å². The van der Waals surface area contributed by atoms with E-state index < -0.39 is 0 Å². The summed E-state index contributed by atoms with van der Waals surface area (Å²) >= 11 is 0. The topological polar surface area (TPSA) is 24.5 Å². The van der Waals surface area contributed by atoms with Crippen molar-refractivity contribution in [3.8, 4) is 0 Å². The molecule has 0 amide bonds. The summed E-state index contributed by atoms with van der Waals surface area (Å²) in [6.07, 6.45) is 0. The number of ether oxygens (including phenoxy) is 1. The van der Waals surface area contributed by atoms with E-state index in [1.165, 1.54) is 5.56 Å². The van der Waals surface area contributed by atoms with Gasteiger partial charge in [0.1, 0.15) is 0 Å². The number of benzene rings is 1. The Morgan fingerprint density at radius 1 is 1.18 bits per heavy atom. The van der Waals surface area contributed by atoms with E-state index in [1.807, 2.05) is 6.07 Å². The summed E-state index contributed by atoms with van der Waals surface area (Å²) < 4.78 is 5.09. The second-order valence-electron chi connectivity index (χ2n) is 4.09. The summed E-state index contributed by atoms with van der Waals surface area (Å²) in [5.74, 6) is 0.